The third-order valence-corrected chi connectivity index (χ3v) is 3.45. The molecule has 2 N–H and O–H groups in total. The van der Waals surface area contributed by atoms with E-state index in [2.05, 4.69) is 29.6 Å². The third-order valence-electron chi connectivity index (χ3n) is 3.45. The van der Waals surface area contributed by atoms with Crippen LogP contribution in [0.25, 0.3) is 0 Å². The lowest BCUT2D eigenvalue weighted by molar-refractivity contribution is 0.0695. The van der Waals surface area contributed by atoms with Crippen molar-refractivity contribution in [1.29, 1.82) is 0 Å². The average molecular weight is 219 g/mol. The Morgan fingerprint density at radius 2 is 1.88 bits per heavy atom. The lowest BCUT2D eigenvalue weighted by Crippen LogP contribution is -2.33. The highest BCUT2D eigenvalue weighted by molar-refractivity contribution is 5.14. The van der Waals surface area contributed by atoms with E-state index in [1.54, 1.807) is 0 Å². The zero-order valence-electron chi connectivity index (χ0n) is 9.73. The second-order valence-electron chi connectivity index (χ2n) is 4.73. The lowest BCUT2D eigenvalue weighted by Gasteiger charge is -2.27. The summed E-state index contributed by atoms with van der Waals surface area (Å²) in [7, 11) is 0. The van der Waals surface area contributed by atoms with Crippen LogP contribution in [-0.4, -0.2) is 17.8 Å². The van der Waals surface area contributed by atoms with Crippen molar-refractivity contribution in [2.45, 2.75) is 38.3 Å². The smallest absolute Gasteiger partial charge is 0.0580 e. The second-order valence-corrected chi connectivity index (χ2v) is 4.73. The first-order valence-corrected chi connectivity index (χ1v) is 6.29. The molecule has 0 aromatic heterocycles. The highest BCUT2D eigenvalue weighted by atomic mass is 16.3. The Morgan fingerprint density at radius 3 is 2.62 bits per heavy atom. The molecule has 16 heavy (non-hydrogen) atoms. The van der Waals surface area contributed by atoms with Gasteiger partial charge in [-0.1, -0.05) is 43.2 Å². The van der Waals surface area contributed by atoms with E-state index < -0.39 is 0 Å². The van der Waals surface area contributed by atoms with Gasteiger partial charge < -0.3 is 10.4 Å². The second kappa shape index (κ2) is 6.02. The van der Waals surface area contributed by atoms with E-state index in [-0.39, 0.29) is 6.10 Å². The van der Waals surface area contributed by atoms with Gasteiger partial charge in [0.25, 0.3) is 0 Å². The van der Waals surface area contributed by atoms with Gasteiger partial charge in [0.15, 0.2) is 0 Å². The molecule has 0 bridgehead atoms. The maximum Gasteiger partial charge on any atom is 0.0580 e. The van der Waals surface area contributed by atoms with Crippen LogP contribution in [0.3, 0.4) is 0 Å². The summed E-state index contributed by atoms with van der Waals surface area (Å²) in [5, 5.41) is 13.3. The Kier molecular flexibility index (Phi) is 4.37. The Hall–Kier alpha value is -0.860. The molecule has 1 fully saturated rings. The number of nitrogens with one attached hydrogen (secondary N) is 1. The summed E-state index contributed by atoms with van der Waals surface area (Å²) in [6.45, 7) is 1.85. The van der Waals surface area contributed by atoms with E-state index in [9.17, 15) is 5.11 Å². The molecule has 88 valence electrons. The van der Waals surface area contributed by atoms with Gasteiger partial charge in [0.05, 0.1) is 6.10 Å². The molecule has 0 amide bonds. The molecule has 1 aliphatic carbocycles. The minimum Gasteiger partial charge on any atom is -0.393 e. The Bertz CT molecular complexity index is 299. The van der Waals surface area contributed by atoms with Crippen molar-refractivity contribution in [1.82, 2.24) is 5.32 Å². The van der Waals surface area contributed by atoms with Crippen molar-refractivity contribution in [2.75, 3.05) is 6.54 Å². The first kappa shape index (κ1) is 11.6. The zero-order valence-corrected chi connectivity index (χ0v) is 9.73. The summed E-state index contributed by atoms with van der Waals surface area (Å²) in [6.07, 6.45) is 4.53. The molecule has 0 saturated heterocycles. The molecule has 2 atom stereocenters. The molecule has 2 unspecified atom stereocenters. The van der Waals surface area contributed by atoms with Crippen molar-refractivity contribution >= 4 is 0 Å². The summed E-state index contributed by atoms with van der Waals surface area (Å²) >= 11 is 0. The Labute approximate surface area is 97.7 Å². The molecule has 0 radical (unpaired) electrons. The number of rotatable bonds is 4. The van der Waals surface area contributed by atoms with E-state index in [1.165, 1.54) is 24.8 Å². The molecule has 2 nitrogen and oxygen atoms in total. The highest BCUT2D eigenvalue weighted by Gasteiger charge is 2.22. The van der Waals surface area contributed by atoms with Crippen LogP contribution in [0.4, 0.5) is 0 Å². The molecule has 1 aromatic carbocycles. The van der Waals surface area contributed by atoms with Gasteiger partial charge in [-0.05, 0) is 24.3 Å². The maximum atomic E-state index is 9.83. The first-order chi connectivity index (χ1) is 7.86. The summed E-state index contributed by atoms with van der Waals surface area (Å²) in [4.78, 5) is 0. The van der Waals surface area contributed by atoms with Crippen LogP contribution in [0.15, 0.2) is 30.3 Å². The topological polar surface area (TPSA) is 32.3 Å². The number of hydrogen-bond acceptors (Lipinski definition) is 2. The molecule has 0 spiro atoms. The minimum atomic E-state index is -0.0861. The molecule has 2 rings (SSSR count). The molecule has 2 heteroatoms. The quantitative estimate of drug-likeness (QED) is 0.814. The van der Waals surface area contributed by atoms with Gasteiger partial charge in [-0.2, -0.15) is 0 Å². The van der Waals surface area contributed by atoms with Crippen molar-refractivity contribution < 1.29 is 5.11 Å². The van der Waals surface area contributed by atoms with Crippen LogP contribution in [-0.2, 0) is 6.54 Å². The van der Waals surface area contributed by atoms with E-state index >= 15 is 0 Å². The van der Waals surface area contributed by atoms with Crippen molar-refractivity contribution in [3.8, 4) is 0 Å². The Balaban J connectivity index is 1.71. The van der Waals surface area contributed by atoms with Crippen molar-refractivity contribution in [3.63, 3.8) is 0 Å². The Morgan fingerprint density at radius 1 is 1.12 bits per heavy atom. The number of aliphatic hydroxyl groups is 1. The van der Waals surface area contributed by atoms with Gasteiger partial charge in [-0.25, -0.2) is 0 Å². The largest absolute Gasteiger partial charge is 0.393 e. The highest BCUT2D eigenvalue weighted by Crippen LogP contribution is 2.23. The van der Waals surface area contributed by atoms with E-state index in [1.807, 2.05) is 6.07 Å². The van der Waals surface area contributed by atoms with E-state index in [0.717, 1.165) is 19.5 Å². The molecule has 1 saturated carbocycles. The molecular formula is C14H21NO. The fraction of sp³-hybridized carbons (Fsp3) is 0.571. The lowest BCUT2D eigenvalue weighted by atomic mass is 9.86. The van der Waals surface area contributed by atoms with Crippen LogP contribution in [0, 0.1) is 5.92 Å². The average Bonchev–Trinajstić information content (AvgIpc) is 2.33. The van der Waals surface area contributed by atoms with Gasteiger partial charge in [-0.3, -0.25) is 0 Å². The third kappa shape index (κ3) is 3.32. The summed E-state index contributed by atoms with van der Waals surface area (Å²) in [6, 6.07) is 10.4. The monoisotopic (exact) mass is 219 g/mol. The molecule has 0 aliphatic heterocycles. The van der Waals surface area contributed by atoms with Gasteiger partial charge in [0, 0.05) is 13.1 Å². The SMILES string of the molecule is OC1CCCCC1CNCc1ccccc1. The number of aliphatic hydroxyl groups excluding tert-OH is 1. The fourth-order valence-electron chi connectivity index (χ4n) is 2.42. The van der Waals surface area contributed by atoms with Crippen LogP contribution >= 0.6 is 0 Å². The van der Waals surface area contributed by atoms with E-state index in [0.29, 0.717) is 5.92 Å². The van der Waals surface area contributed by atoms with Crippen molar-refractivity contribution in [3.05, 3.63) is 35.9 Å². The van der Waals surface area contributed by atoms with E-state index in [4.69, 9.17) is 0 Å². The number of benzene rings is 1. The van der Waals surface area contributed by atoms with Crippen LogP contribution in [0.5, 0.6) is 0 Å². The fourth-order valence-corrected chi connectivity index (χ4v) is 2.42. The van der Waals surface area contributed by atoms with Crippen LogP contribution < -0.4 is 5.32 Å². The molecular weight excluding hydrogens is 198 g/mol. The maximum absolute atomic E-state index is 9.83. The van der Waals surface area contributed by atoms with Gasteiger partial charge in [-0.15, -0.1) is 0 Å². The normalized spacial score (nSPS) is 25.6. The van der Waals surface area contributed by atoms with Crippen LogP contribution in [0.1, 0.15) is 31.2 Å². The molecule has 1 aromatic rings. The first-order valence-electron chi connectivity index (χ1n) is 6.29. The number of hydrogen-bond donors (Lipinski definition) is 2. The predicted molar refractivity (Wildman–Crippen MR) is 66.1 cm³/mol. The summed E-state index contributed by atoms with van der Waals surface area (Å²) in [5.41, 5.74) is 1.31. The standard InChI is InChI=1S/C14H21NO/c16-14-9-5-4-8-13(14)11-15-10-12-6-2-1-3-7-12/h1-3,6-7,13-16H,4-5,8-11H2. The minimum absolute atomic E-state index is 0.0861. The molecule has 1 aliphatic rings. The zero-order chi connectivity index (χ0) is 11.2. The van der Waals surface area contributed by atoms with Gasteiger partial charge >= 0.3 is 0 Å². The van der Waals surface area contributed by atoms with Crippen LogP contribution in [0.2, 0.25) is 0 Å². The van der Waals surface area contributed by atoms with Gasteiger partial charge in [0.1, 0.15) is 0 Å². The van der Waals surface area contributed by atoms with Crippen molar-refractivity contribution in [2.24, 2.45) is 5.92 Å². The van der Waals surface area contributed by atoms with Gasteiger partial charge in [0.2, 0.25) is 0 Å². The summed E-state index contributed by atoms with van der Waals surface area (Å²) in [5.74, 6) is 0.456. The molecule has 0 heterocycles. The predicted octanol–water partition coefficient (Wildman–Crippen LogP) is 2.33. The summed E-state index contributed by atoms with van der Waals surface area (Å²) < 4.78 is 0.